The van der Waals surface area contributed by atoms with Gasteiger partial charge in [0.15, 0.2) is 29.5 Å². The fourth-order valence-corrected chi connectivity index (χ4v) is 4.24. The molecule has 3 nitrogen and oxygen atoms in total. The third kappa shape index (κ3) is 5.47. The Morgan fingerprint density at radius 2 is 1.39 bits per heavy atom. The molecule has 1 saturated heterocycles. The van der Waals surface area contributed by atoms with Gasteiger partial charge in [-0.2, -0.15) is 4.39 Å². The van der Waals surface area contributed by atoms with Crippen LogP contribution >= 0.6 is 0 Å². The van der Waals surface area contributed by atoms with Crippen LogP contribution in [0.25, 0.3) is 22.3 Å². The second kappa shape index (κ2) is 11.7. The lowest BCUT2D eigenvalue weighted by Crippen LogP contribution is -2.31. The quantitative estimate of drug-likeness (QED) is 0.233. The number of rotatable bonds is 8. The highest BCUT2D eigenvalue weighted by molar-refractivity contribution is 5.71. The molecule has 1 aliphatic rings. The van der Waals surface area contributed by atoms with E-state index < -0.39 is 29.2 Å². The van der Waals surface area contributed by atoms with Crippen LogP contribution < -0.4 is 4.74 Å². The van der Waals surface area contributed by atoms with Gasteiger partial charge in [0, 0.05) is 23.5 Å². The summed E-state index contributed by atoms with van der Waals surface area (Å²) in [7, 11) is 0. The van der Waals surface area contributed by atoms with Crippen LogP contribution in [0.15, 0.2) is 60.7 Å². The van der Waals surface area contributed by atoms with E-state index in [0.717, 1.165) is 6.42 Å². The van der Waals surface area contributed by atoms with Crippen LogP contribution in [0.4, 0.5) is 17.6 Å². The van der Waals surface area contributed by atoms with E-state index in [0.29, 0.717) is 17.5 Å². The van der Waals surface area contributed by atoms with Crippen molar-refractivity contribution in [2.45, 2.75) is 38.9 Å². The van der Waals surface area contributed by atoms with Crippen LogP contribution in [0.5, 0.6) is 5.75 Å². The fourth-order valence-electron chi connectivity index (χ4n) is 4.24. The maximum atomic E-state index is 15.1. The Bertz CT molecular complexity index is 1220. The summed E-state index contributed by atoms with van der Waals surface area (Å²) >= 11 is 0. The molecule has 0 aliphatic carbocycles. The molecule has 1 fully saturated rings. The maximum Gasteiger partial charge on any atom is 0.201 e. The minimum Gasteiger partial charge on any atom is -0.491 e. The SMILES string of the molecule is CC=CCCC1OCC(c2ccc(-c3ccc(-c4ccc(OCC)c(F)c4F)cc3)c(F)c2F)CO1. The zero-order valence-electron chi connectivity index (χ0n) is 20.2. The van der Waals surface area contributed by atoms with Crippen molar-refractivity contribution in [3.63, 3.8) is 0 Å². The van der Waals surface area contributed by atoms with Gasteiger partial charge >= 0.3 is 0 Å². The van der Waals surface area contributed by atoms with Gasteiger partial charge in [0.05, 0.1) is 19.8 Å². The average Bonchev–Trinajstić information content (AvgIpc) is 2.90. The van der Waals surface area contributed by atoms with Gasteiger partial charge in [0.1, 0.15) is 0 Å². The van der Waals surface area contributed by atoms with Crippen molar-refractivity contribution in [3.05, 3.63) is 89.5 Å². The third-order valence-corrected chi connectivity index (χ3v) is 6.18. The monoisotopic (exact) mass is 500 g/mol. The summed E-state index contributed by atoms with van der Waals surface area (Å²) in [5.74, 6) is -4.59. The van der Waals surface area contributed by atoms with Crippen LogP contribution in [0.2, 0.25) is 0 Å². The Morgan fingerprint density at radius 3 is 1.97 bits per heavy atom. The van der Waals surface area contributed by atoms with Crippen molar-refractivity contribution in [1.29, 1.82) is 0 Å². The van der Waals surface area contributed by atoms with Crippen LogP contribution in [0.1, 0.15) is 38.2 Å². The topological polar surface area (TPSA) is 27.7 Å². The first-order valence-corrected chi connectivity index (χ1v) is 12.0. The van der Waals surface area contributed by atoms with Crippen LogP contribution in [-0.2, 0) is 9.47 Å². The van der Waals surface area contributed by atoms with Crippen molar-refractivity contribution < 1.29 is 31.8 Å². The predicted molar refractivity (Wildman–Crippen MR) is 131 cm³/mol. The summed E-state index contributed by atoms with van der Waals surface area (Å²) in [4.78, 5) is 0. The Kier molecular flexibility index (Phi) is 8.44. The zero-order valence-corrected chi connectivity index (χ0v) is 20.2. The molecule has 4 rings (SSSR count). The molecule has 0 aromatic heterocycles. The summed E-state index contributed by atoms with van der Waals surface area (Å²) in [5, 5.41) is 0. The minimum absolute atomic E-state index is 0.0471. The van der Waals surface area contributed by atoms with E-state index >= 15 is 8.78 Å². The van der Waals surface area contributed by atoms with Gasteiger partial charge < -0.3 is 14.2 Å². The van der Waals surface area contributed by atoms with Gasteiger partial charge in [-0.25, -0.2) is 13.2 Å². The minimum atomic E-state index is -1.07. The highest BCUT2D eigenvalue weighted by Gasteiger charge is 2.27. The lowest BCUT2D eigenvalue weighted by Gasteiger charge is -2.30. The normalized spacial score (nSPS) is 18.1. The number of ether oxygens (including phenoxy) is 3. The van der Waals surface area contributed by atoms with Gasteiger partial charge in [0.25, 0.3) is 0 Å². The van der Waals surface area contributed by atoms with Crippen molar-refractivity contribution in [2.24, 2.45) is 0 Å². The van der Waals surface area contributed by atoms with Crippen molar-refractivity contribution >= 4 is 0 Å². The van der Waals surface area contributed by atoms with E-state index in [1.54, 1.807) is 25.1 Å². The second-order valence-electron chi connectivity index (χ2n) is 8.52. The first-order valence-electron chi connectivity index (χ1n) is 12.0. The molecule has 0 bridgehead atoms. The van der Waals surface area contributed by atoms with E-state index in [4.69, 9.17) is 14.2 Å². The summed E-state index contributed by atoms with van der Waals surface area (Å²) < 4.78 is 75.3. The summed E-state index contributed by atoms with van der Waals surface area (Å²) in [6, 6.07) is 12.0. The molecule has 0 unspecified atom stereocenters. The second-order valence-corrected chi connectivity index (χ2v) is 8.52. The molecule has 1 heterocycles. The molecule has 0 atom stereocenters. The van der Waals surface area contributed by atoms with Gasteiger partial charge in [0.2, 0.25) is 5.82 Å². The van der Waals surface area contributed by atoms with Crippen molar-refractivity contribution in [3.8, 4) is 28.0 Å². The molecule has 3 aromatic rings. The molecule has 0 N–H and O–H groups in total. The fraction of sp³-hybridized carbons (Fsp3) is 0.310. The Labute approximate surface area is 208 Å². The predicted octanol–water partition coefficient (Wildman–Crippen LogP) is 7.79. The highest BCUT2D eigenvalue weighted by Crippen LogP contribution is 2.34. The summed E-state index contributed by atoms with van der Waals surface area (Å²) in [6.07, 6.45) is 5.15. The van der Waals surface area contributed by atoms with Crippen molar-refractivity contribution in [1.82, 2.24) is 0 Å². The largest absolute Gasteiger partial charge is 0.491 e. The molecule has 7 heteroatoms. The molecule has 0 radical (unpaired) electrons. The Hall–Kier alpha value is -3.16. The maximum absolute atomic E-state index is 15.1. The standard InChI is InChI=1S/C29H28F4O3/c1-3-5-6-7-25-35-16-20(17-36-25)23-13-12-21(26(30)27(23)31)18-8-10-19(11-9-18)22-14-15-24(34-4-2)29(33)28(22)32/h3,5,8-15,20,25H,4,6-7,16-17H2,1-2H3. The molecule has 190 valence electrons. The molecular weight excluding hydrogens is 472 g/mol. The van der Waals surface area contributed by atoms with E-state index in [-0.39, 0.29) is 48.6 Å². The number of benzene rings is 3. The first-order chi connectivity index (χ1) is 17.4. The Morgan fingerprint density at radius 1 is 0.806 bits per heavy atom. The number of allylic oxidation sites excluding steroid dienone is 2. The van der Waals surface area contributed by atoms with Crippen LogP contribution in [0.3, 0.4) is 0 Å². The van der Waals surface area contributed by atoms with E-state index in [2.05, 4.69) is 0 Å². The lowest BCUT2D eigenvalue weighted by atomic mass is 9.94. The van der Waals surface area contributed by atoms with Gasteiger partial charge in [-0.15, -0.1) is 0 Å². The lowest BCUT2D eigenvalue weighted by molar-refractivity contribution is -0.189. The van der Waals surface area contributed by atoms with E-state index in [1.807, 2.05) is 19.1 Å². The smallest absolute Gasteiger partial charge is 0.201 e. The highest BCUT2D eigenvalue weighted by atomic mass is 19.2. The summed E-state index contributed by atoms with van der Waals surface area (Å²) in [5.41, 5.74) is 1.13. The van der Waals surface area contributed by atoms with Gasteiger partial charge in [-0.1, -0.05) is 48.6 Å². The number of hydrogen-bond acceptors (Lipinski definition) is 3. The third-order valence-electron chi connectivity index (χ3n) is 6.18. The van der Waals surface area contributed by atoms with Crippen molar-refractivity contribution in [2.75, 3.05) is 19.8 Å². The molecule has 1 aliphatic heterocycles. The molecule has 0 saturated carbocycles. The molecule has 36 heavy (non-hydrogen) atoms. The number of halogens is 4. The number of hydrogen-bond donors (Lipinski definition) is 0. The first kappa shape index (κ1) is 25.9. The van der Waals surface area contributed by atoms with E-state index in [1.165, 1.54) is 30.3 Å². The van der Waals surface area contributed by atoms with E-state index in [9.17, 15) is 8.78 Å². The van der Waals surface area contributed by atoms with Crippen LogP contribution in [0, 0.1) is 23.3 Å². The Balaban J connectivity index is 1.50. The molecule has 3 aromatic carbocycles. The zero-order chi connectivity index (χ0) is 25.7. The summed E-state index contributed by atoms with van der Waals surface area (Å²) in [6.45, 7) is 4.32. The van der Waals surface area contributed by atoms with Gasteiger partial charge in [-0.05, 0) is 49.1 Å². The van der Waals surface area contributed by atoms with Gasteiger partial charge in [-0.3, -0.25) is 0 Å². The molecule has 0 amide bonds. The molecule has 0 spiro atoms. The molecular formula is C29H28F4O3. The average molecular weight is 501 g/mol. The van der Waals surface area contributed by atoms with Crippen LogP contribution in [-0.4, -0.2) is 26.1 Å².